The summed E-state index contributed by atoms with van der Waals surface area (Å²) in [5.74, 6) is 0.177. The maximum Gasteiger partial charge on any atom is 0.267 e. The van der Waals surface area contributed by atoms with Crippen LogP contribution in [0.5, 0.6) is 11.5 Å². The van der Waals surface area contributed by atoms with Crippen LogP contribution in [-0.4, -0.2) is 99.5 Å². The van der Waals surface area contributed by atoms with E-state index in [1.54, 1.807) is 56.6 Å². The third kappa shape index (κ3) is 9.39. The number of ether oxygens (including phenoxy) is 2. The van der Waals surface area contributed by atoms with Crippen molar-refractivity contribution in [1.29, 1.82) is 0 Å². The van der Waals surface area contributed by atoms with Gasteiger partial charge in [0.15, 0.2) is 0 Å². The second-order valence-electron chi connectivity index (χ2n) is 12.6. The number of methoxy groups -OCH3 is 1. The van der Waals surface area contributed by atoms with Gasteiger partial charge in [0.2, 0.25) is 5.91 Å². The van der Waals surface area contributed by atoms with E-state index in [2.05, 4.69) is 27.6 Å². The Morgan fingerprint density at radius 1 is 0.902 bits per heavy atom. The number of anilines is 2. The largest absolute Gasteiger partial charge is 0.495 e. The Labute approximate surface area is 304 Å². The molecule has 12 nitrogen and oxygen atoms in total. The molecule has 0 unspecified atom stereocenters. The molecule has 0 aliphatic carbocycles. The molecule has 1 saturated heterocycles. The summed E-state index contributed by atoms with van der Waals surface area (Å²) in [6.07, 6.45) is 3.02. The lowest BCUT2D eigenvalue weighted by Crippen LogP contribution is -2.47. The zero-order valence-electron chi connectivity index (χ0n) is 29.8. The van der Waals surface area contributed by atoms with Crippen LogP contribution in [0.15, 0.2) is 60.7 Å². The summed E-state index contributed by atoms with van der Waals surface area (Å²) in [6.45, 7) is 5.86. The molecule has 1 aliphatic rings. The van der Waals surface area contributed by atoms with Gasteiger partial charge >= 0.3 is 0 Å². The van der Waals surface area contributed by atoms with E-state index in [1.165, 1.54) is 12.0 Å². The van der Waals surface area contributed by atoms with Crippen molar-refractivity contribution in [3.8, 4) is 11.5 Å². The molecule has 2 heterocycles. The van der Waals surface area contributed by atoms with Crippen LogP contribution < -0.4 is 25.0 Å². The molecule has 272 valence electrons. The minimum atomic E-state index is -0.393. The van der Waals surface area contributed by atoms with Crippen LogP contribution in [0.4, 0.5) is 11.4 Å². The maximum absolute atomic E-state index is 13.7. The number of halogens is 1. The van der Waals surface area contributed by atoms with Gasteiger partial charge in [0.05, 0.1) is 25.1 Å². The van der Waals surface area contributed by atoms with Crippen molar-refractivity contribution in [2.75, 3.05) is 71.3 Å². The minimum Gasteiger partial charge on any atom is -0.495 e. The number of hydrogen-bond acceptors (Lipinski definition) is 7. The average Bonchev–Trinajstić information content (AvgIpc) is 3.57. The standard InChI is InChI=1S/C38H46N6O6.ClH/c1-25-13-16-32(34(22-25)50-21-8-6-7-12-35(45)44-19-17-42(3)18-20-44)43(4)38(48)26-14-15-30(33(23-26)49-5)41-36(46)27-10-9-11-29-28(27)24-31(40-29)37(47)39-2;/h9-11,13-16,22-24,40H,6-8,12,17-21H2,1-5H3,(H,39,47)(H,41,46);1H. The Balaban J connectivity index is 0.00000583. The normalized spacial score (nSPS) is 12.9. The molecule has 5 rings (SSSR count). The number of hydrogen-bond donors (Lipinski definition) is 3. The topological polar surface area (TPSA) is 136 Å². The molecule has 3 aromatic carbocycles. The van der Waals surface area contributed by atoms with Gasteiger partial charge in [0, 0.05) is 68.7 Å². The van der Waals surface area contributed by atoms with Crippen molar-refractivity contribution < 1.29 is 28.7 Å². The molecule has 1 aromatic heterocycles. The molecule has 0 saturated carbocycles. The molecule has 4 aromatic rings. The van der Waals surface area contributed by atoms with Gasteiger partial charge < -0.3 is 39.8 Å². The summed E-state index contributed by atoms with van der Waals surface area (Å²) in [5, 5.41) is 6.06. The number of aromatic nitrogens is 1. The number of nitrogens with zero attached hydrogens (tertiary/aromatic N) is 3. The van der Waals surface area contributed by atoms with Crippen molar-refractivity contribution in [2.24, 2.45) is 0 Å². The first-order valence-corrected chi connectivity index (χ1v) is 16.9. The van der Waals surface area contributed by atoms with Gasteiger partial charge in [-0.05, 0) is 87.3 Å². The number of carbonyl (C=O) groups is 4. The van der Waals surface area contributed by atoms with Crippen LogP contribution in [0.25, 0.3) is 10.9 Å². The smallest absolute Gasteiger partial charge is 0.267 e. The first-order valence-electron chi connectivity index (χ1n) is 16.9. The van der Waals surface area contributed by atoms with Gasteiger partial charge in [-0.3, -0.25) is 19.2 Å². The molecule has 0 radical (unpaired) electrons. The number of benzene rings is 3. The number of rotatable bonds is 13. The van der Waals surface area contributed by atoms with Crippen LogP contribution in [0.1, 0.15) is 62.5 Å². The second-order valence-corrected chi connectivity index (χ2v) is 12.6. The SMILES string of the molecule is CNC(=O)c1cc2c(C(=O)Nc3ccc(C(=O)N(C)c4ccc(C)cc4OCCCCCC(=O)N4CCN(C)CC4)cc3OC)cccc2[nH]1.Cl. The van der Waals surface area contributed by atoms with E-state index in [9.17, 15) is 19.2 Å². The van der Waals surface area contributed by atoms with Crippen LogP contribution in [0.3, 0.4) is 0 Å². The second kappa shape index (κ2) is 17.7. The summed E-state index contributed by atoms with van der Waals surface area (Å²) in [4.78, 5) is 60.5. The number of unbranched alkanes of at least 4 members (excludes halogenated alkanes) is 2. The van der Waals surface area contributed by atoms with Crippen molar-refractivity contribution in [1.82, 2.24) is 20.1 Å². The molecule has 0 spiro atoms. The number of aryl methyl sites for hydroxylation is 1. The number of fused-ring (bicyclic) bond motifs is 1. The quantitative estimate of drug-likeness (QED) is 0.155. The van der Waals surface area contributed by atoms with Gasteiger partial charge in [-0.2, -0.15) is 0 Å². The fourth-order valence-corrected chi connectivity index (χ4v) is 6.00. The predicted molar refractivity (Wildman–Crippen MR) is 202 cm³/mol. The number of amides is 4. The van der Waals surface area contributed by atoms with E-state index in [1.807, 2.05) is 30.0 Å². The summed E-state index contributed by atoms with van der Waals surface area (Å²) >= 11 is 0. The number of aromatic amines is 1. The molecule has 3 N–H and O–H groups in total. The highest BCUT2D eigenvalue weighted by atomic mass is 35.5. The average molecular weight is 719 g/mol. The first-order chi connectivity index (χ1) is 24.1. The van der Waals surface area contributed by atoms with Gasteiger partial charge in [0.25, 0.3) is 17.7 Å². The van der Waals surface area contributed by atoms with E-state index in [0.717, 1.165) is 51.0 Å². The lowest BCUT2D eigenvalue weighted by atomic mass is 10.1. The Hall–Kier alpha value is -5.07. The zero-order chi connectivity index (χ0) is 35.8. The Morgan fingerprint density at radius 2 is 1.67 bits per heavy atom. The molecule has 13 heteroatoms. The van der Waals surface area contributed by atoms with E-state index < -0.39 is 5.91 Å². The van der Waals surface area contributed by atoms with Gasteiger partial charge in [-0.1, -0.05) is 12.1 Å². The van der Waals surface area contributed by atoms with Gasteiger partial charge in [-0.25, -0.2) is 0 Å². The highest BCUT2D eigenvalue weighted by Gasteiger charge is 2.22. The summed E-state index contributed by atoms with van der Waals surface area (Å²) < 4.78 is 11.7. The molecule has 1 aliphatic heterocycles. The highest BCUT2D eigenvalue weighted by molar-refractivity contribution is 6.14. The van der Waals surface area contributed by atoms with Gasteiger partial charge in [-0.15, -0.1) is 12.4 Å². The molecular formula is C38H47ClN6O6. The van der Waals surface area contributed by atoms with E-state index in [-0.39, 0.29) is 30.1 Å². The summed E-state index contributed by atoms with van der Waals surface area (Å²) in [5.41, 5.74) is 3.76. The van der Waals surface area contributed by atoms with Crippen molar-refractivity contribution >= 4 is 58.3 Å². The van der Waals surface area contributed by atoms with E-state index >= 15 is 0 Å². The molecular weight excluding hydrogens is 672 g/mol. The van der Waals surface area contributed by atoms with Crippen LogP contribution in [0, 0.1) is 6.92 Å². The monoisotopic (exact) mass is 718 g/mol. The molecule has 0 bridgehead atoms. The third-order valence-corrected chi connectivity index (χ3v) is 9.01. The summed E-state index contributed by atoms with van der Waals surface area (Å²) in [6, 6.07) is 17.4. The fourth-order valence-electron chi connectivity index (χ4n) is 6.00. The van der Waals surface area contributed by atoms with Crippen LogP contribution in [-0.2, 0) is 4.79 Å². The molecule has 0 atom stereocenters. The minimum absolute atomic E-state index is 0. The lowest BCUT2D eigenvalue weighted by molar-refractivity contribution is -0.132. The zero-order valence-corrected chi connectivity index (χ0v) is 30.7. The number of H-pyrrole nitrogens is 1. The summed E-state index contributed by atoms with van der Waals surface area (Å²) in [7, 11) is 6.78. The van der Waals surface area contributed by atoms with Crippen LogP contribution >= 0.6 is 12.4 Å². The Morgan fingerprint density at radius 3 is 2.39 bits per heavy atom. The molecule has 1 fully saturated rings. The highest BCUT2D eigenvalue weighted by Crippen LogP contribution is 2.32. The number of piperazine rings is 1. The molecule has 4 amide bonds. The van der Waals surface area contributed by atoms with Crippen molar-refractivity contribution in [3.05, 3.63) is 83.0 Å². The van der Waals surface area contributed by atoms with E-state index in [4.69, 9.17) is 9.47 Å². The van der Waals surface area contributed by atoms with Crippen LogP contribution in [0.2, 0.25) is 0 Å². The number of carbonyl (C=O) groups excluding carboxylic acids is 4. The Bertz CT molecular complexity index is 1870. The van der Waals surface area contributed by atoms with Gasteiger partial charge in [0.1, 0.15) is 17.2 Å². The molecule has 51 heavy (non-hydrogen) atoms. The van der Waals surface area contributed by atoms with Crippen molar-refractivity contribution in [3.63, 3.8) is 0 Å². The maximum atomic E-state index is 13.7. The van der Waals surface area contributed by atoms with Crippen molar-refractivity contribution in [2.45, 2.75) is 32.6 Å². The number of nitrogens with one attached hydrogen (secondary N) is 3. The number of likely N-dealkylation sites (N-methyl/N-ethyl adjacent to an activating group) is 1. The lowest BCUT2D eigenvalue weighted by Gasteiger charge is -2.32. The predicted octanol–water partition coefficient (Wildman–Crippen LogP) is 5.51. The fraction of sp³-hybridized carbons (Fsp3) is 0.368. The Kier molecular flexibility index (Phi) is 13.5. The first kappa shape index (κ1) is 38.7. The third-order valence-electron chi connectivity index (χ3n) is 9.01. The van der Waals surface area contributed by atoms with E-state index in [0.29, 0.717) is 63.6 Å².